The summed E-state index contributed by atoms with van der Waals surface area (Å²) in [5.74, 6) is 6.10. The van der Waals surface area contributed by atoms with E-state index in [0.717, 1.165) is 11.4 Å². The first-order chi connectivity index (χ1) is 10.0. The van der Waals surface area contributed by atoms with Gasteiger partial charge in [0.1, 0.15) is 0 Å². The van der Waals surface area contributed by atoms with Gasteiger partial charge in [-0.05, 0) is 29.2 Å². The number of hydrogen-bond acceptors (Lipinski definition) is 2. The number of anilines is 1. The number of benzene rings is 2. The molecule has 4 N–H and O–H groups in total. The van der Waals surface area contributed by atoms with Crippen LogP contribution >= 0.6 is 0 Å². The Morgan fingerprint density at radius 1 is 0.952 bits per heavy atom. The molecule has 0 saturated heterocycles. The summed E-state index contributed by atoms with van der Waals surface area (Å²) in [6, 6.07) is 17.9. The molecule has 0 spiro atoms. The van der Waals surface area contributed by atoms with Crippen molar-refractivity contribution in [1.29, 1.82) is 0 Å². The zero-order chi connectivity index (χ0) is 15.3. The summed E-state index contributed by atoms with van der Waals surface area (Å²) in [5, 5.41) is 3.17. The smallest absolute Gasteiger partial charge is 0.215 e. The summed E-state index contributed by atoms with van der Waals surface area (Å²) in [4.78, 5) is 4.61. The van der Waals surface area contributed by atoms with Crippen LogP contribution in [-0.4, -0.2) is 5.96 Å². The summed E-state index contributed by atoms with van der Waals surface area (Å²) in [5.41, 5.74) is 5.65. The van der Waals surface area contributed by atoms with Gasteiger partial charge in [0.05, 0.1) is 5.69 Å². The molecule has 2 aromatic carbocycles. The van der Waals surface area contributed by atoms with Gasteiger partial charge < -0.3 is 5.32 Å². The van der Waals surface area contributed by atoms with Gasteiger partial charge in [-0.1, -0.05) is 57.2 Å². The lowest BCUT2D eigenvalue weighted by molar-refractivity contribution is 0.591. The van der Waals surface area contributed by atoms with E-state index in [4.69, 9.17) is 5.84 Å². The first-order valence-corrected chi connectivity index (χ1v) is 6.97. The van der Waals surface area contributed by atoms with E-state index in [-0.39, 0.29) is 5.41 Å². The van der Waals surface area contributed by atoms with Gasteiger partial charge in [-0.25, -0.2) is 10.8 Å². The molecule has 0 amide bonds. The van der Waals surface area contributed by atoms with Gasteiger partial charge >= 0.3 is 0 Å². The van der Waals surface area contributed by atoms with Gasteiger partial charge in [0, 0.05) is 5.69 Å². The predicted octanol–water partition coefficient (Wildman–Crippen LogP) is 3.55. The number of nitrogens with one attached hydrogen (secondary N) is 2. The molecule has 0 aromatic heterocycles. The second kappa shape index (κ2) is 6.41. The highest BCUT2D eigenvalue weighted by molar-refractivity contribution is 5.95. The third-order valence-electron chi connectivity index (χ3n) is 3.12. The Balaban J connectivity index is 2.33. The Morgan fingerprint density at radius 2 is 1.57 bits per heavy atom. The number of nitrogens with two attached hydrogens (primary N) is 1. The van der Waals surface area contributed by atoms with Gasteiger partial charge in [-0.3, -0.25) is 5.43 Å². The molecule has 0 aliphatic heterocycles. The van der Waals surface area contributed by atoms with Gasteiger partial charge in [-0.15, -0.1) is 0 Å². The highest BCUT2D eigenvalue weighted by atomic mass is 15.3. The van der Waals surface area contributed by atoms with Crippen LogP contribution in [0.2, 0.25) is 0 Å². The average molecular weight is 282 g/mol. The molecule has 0 aliphatic rings. The molecule has 0 atom stereocenters. The Morgan fingerprint density at radius 3 is 2.19 bits per heavy atom. The Labute approximate surface area is 126 Å². The number of hydrogen-bond donors (Lipinski definition) is 3. The van der Waals surface area contributed by atoms with Gasteiger partial charge in [0.2, 0.25) is 5.96 Å². The number of para-hydroxylation sites is 2. The van der Waals surface area contributed by atoms with Crippen molar-refractivity contribution in [2.45, 2.75) is 26.2 Å². The van der Waals surface area contributed by atoms with Crippen molar-refractivity contribution in [2.24, 2.45) is 10.8 Å². The van der Waals surface area contributed by atoms with E-state index in [1.165, 1.54) is 5.56 Å². The molecule has 0 heterocycles. The van der Waals surface area contributed by atoms with Gasteiger partial charge in [-0.2, -0.15) is 0 Å². The number of hydrazine groups is 1. The maximum absolute atomic E-state index is 5.58. The normalized spacial score (nSPS) is 12.1. The van der Waals surface area contributed by atoms with E-state index in [9.17, 15) is 0 Å². The molecule has 0 radical (unpaired) electrons. The van der Waals surface area contributed by atoms with E-state index in [2.05, 4.69) is 42.6 Å². The zero-order valence-electron chi connectivity index (χ0n) is 12.7. The van der Waals surface area contributed by atoms with E-state index in [0.29, 0.717) is 5.96 Å². The van der Waals surface area contributed by atoms with E-state index in [1.54, 1.807) is 0 Å². The average Bonchev–Trinajstić information content (AvgIpc) is 2.47. The summed E-state index contributed by atoms with van der Waals surface area (Å²) >= 11 is 0. The molecule has 4 heteroatoms. The monoisotopic (exact) mass is 282 g/mol. The summed E-state index contributed by atoms with van der Waals surface area (Å²) in [7, 11) is 0. The van der Waals surface area contributed by atoms with Crippen LogP contribution in [-0.2, 0) is 5.41 Å². The number of guanidine groups is 1. The van der Waals surface area contributed by atoms with Crippen LogP contribution in [0, 0.1) is 0 Å². The molecule has 4 nitrogen and oxygen atoms in total. The van der Waals surface area contributed by atoms with Crippen molar-refractivity contribution in [3.05, 3.63) is 60.2 Å². The maximum Gasteiger partial charge on any atom is 0.215 e. The topological polar surface area (TPSA) is 62.4 Å². The van der Waals surface area contributed by atoms with Crippen molar-refractivity contribution in [2.75, 3.05) is 5.32 Å². The molecule has 0 bridgehead atoms. The molecule has 2 aromatic rings. The highest BCUT2D eigenvalue weighted by Crippen LogP contribution is 2.31. The minimum Gasteiger partial charge on any atom is -0.325 e. The lowest BCUT2D eigenvalue weighted by Gasteiger charge is -2.21. The maximum atomic E-state index is 5.58. The molecule has 0 unspecified atom stereocenters. The molecule has 2 rings (SSSR count). The van der Waals surface area contributed by atoms with Crippen molar-refractivity contribution >= 4 is 17.3 Å². The van der Waals surface area contributed by atoms with Crippen LogP contribution in [0.5, 0.6) is 0 Å². The largest absolute Gasteiger partial charge is 0.325 e. The van der Waals surface area contributed by atoms with Crippen LogP contribution in [0.15, 0.2) is 59.6 Å². The summed E-state index contributed by atoms with van der Waals surface area (Å²) in [6.07, 6.45) is 0. The van der Waals surface area contributed by atoms with E-state index < -0.39 is 0 Å². The summed E-state index contributed by atoms with van der Waals surface area (Å²) < 4.78 is 0. The van der Waals surface area contributed by atoms with Crippen molar-refractivity contribution in [1.82, 2.24) is 5.43 Å². The lowest BCUT2D eigenvalue weighted by atomic mass is 9.86. The summed E-state index contributed by atoms with van der Waals surface area (Å²) in [6.45, 7) is 6.50. The fourth-order valence-corrected chi connectivity index (χ4v) is 2.08. The Hall–Kier alpha value is -2.33. The third kappa shape index (κ3) is 4.07. The van der Waals surface area contributed by atoms with Crippen molar-refractivity contribution in [3.8, 4) is 0 Å². The molecular formula is C17H22N4. The van der Waals surface area contributed by atoms with Crippen molar-refractivity contribution in [3.63, 3.8) is 0 Å². The quantitative estimate of drug-likeness (QED) is 0.342. The van der Waals surface area contributed by atoms with Crippen LogP contribution in [0.1, 0.15) is 26.3 Å². The second-order valence-electron chi connectivity index (χ2n) is 5.86. The predicted molar refractivity (Wildman–Crippen MR) is 89.6 cm³/mol. The molecule has 0 fully saturated rings. The fraction of sp³-hybridized carbons (Fsp3) is 0.235. The standard InChI is InChI=1S/C17H22N4/c1-17(2,3)14-11-7-8-12-15(14)20-16(21-18)19-13-9-5-4-6-10-13/h4-12H,18H2,1-3H3,(H2,19,20,21). The minimum atomic E-state index is 0.0204. The Bertz CT molecular complexity index is 612. The van der Waals surface area contributed by atoms with E-state index in [1.807, 2.05) is 48.5 Å². The number of nitrogens with zero attached hydrogens (tertiary/aromatic N) is 1. The van der Waals surface area contributed by atoms with Crippen molar-refractivity contribution < 1.29 is 0 Å². The van der Waals surface area contributed by atoms with Crippen LogP contribution in [0.3, 0.4) is 0 Å². The second-order valence-corrected chi connectivity index (χ2v) is 5.86. The number of aliphatic imine (C=N–C) groups is 1. The SMILES string of the molecule is CC(C)(C)c1ccccc1N=C(NN)Nc1ccccc1. The van der Waals surface area contributed by atoms with Crippen LogP contribution in [0.4, 0.5) is 11.4 Å². The van der Waals surface area contributed by atoms with Gasteiger partial charge in [0.15, 0.2) is 0 Å². The molecule has 0 saturated carbocycles. The first-order valence-electron chi connectivity index (χ1n) is 6.97. The minimum absolute atomic E-state index is 0.0204. The molecule has 21 heavy (non-hydrogen) atoms. The molecular weight excluding hydrogens is 260 g/mol. The zero-order valence-corrected chi connectivity index (χ0v) is 12.7. The van der Waals surface area contributed by atoms with Gasteiger partial charge in [0.25, 0.3) is 0 Å². The number of rotatable bonds is 2. The third-order valence-corrected chi connectivity index (χ3v) is 3.12. The highest BCUT2D eigenvalue weighted by Gasteiger charge is 2.17. The lowest BCUT2D eigenvalue weighted by Crippen LogP contribution is -2.36. The molecule has 0 aliphatic carbocycles. The molecule has 110 valence electrons. The van der Waals surface area contributed by atoms with Crippen LogP contribution < -0.4 is 16.6 Å². The first kappa shape index (κ1) is 15.1. The fourth-order valence-electron chi connectivity index (χ4n) is 2.08. The Kier molecular flexibility index (Phi) is 4.60. The van der Waals surface area contributed by atoms with Crippen LogP contribution in [0.25, 0.3) is 0 Å². The van der Waals surface area contributed by atoms with E-state index >= 15 is 0 Å².